The zero-order valence-corrected chi connectivity index (χ0v) is 13.9. The molecule has 0 aromatic carbocycles. The molecule has 1 aliphatic rings. The molecular formula is C16H25N5O. The first kappa shape index (κ1) is 15.2. The van der Waals surface area contributed by atoms with Gasteiger partial charge in [0.1, 0.15) is 11.6 Å². The monoisotopic (exact) mass is 303 g/mol. The molecule has 6 nitrogen and oxygen atoms in total. The molecule has 2 aromatic rings. The Kier molecular flexibility index (Phi) is 4.29. The maximum atomic E-state index is 5.75. The van der Waals surface area contributed by atoms with E-state index in [1.807, 2.05) is 13.8 Å². The van der Waals surface area contributed by atoms with Crippen molar-refractivity contribution in [1.82, 2.24) is 25.1 Å². The van der Waals surface area contributed by atoms with Crippen molar-refractivity contribution in [2.24, 2.45) is 0 Å². The van der Waals surface area contributed by atoms with Gasteiger partial charge in [-0.25, -0.2) is 9.97 Å². The Labute approximate surface area is 131 Å². The minimum Gasteiger partial charge on any atom is -0.444 e. The Morgan fingerprint density at radius 1 is 1.27 bits per heavy atom. The molecule has 1 N–H and O–H groups in total. The van der Waals surface area contributed by atoms with Gasteiger partial charge in [-0.2, -0.15) is 5.10 Å². The summed E-state index contributed by atoms with van der Waals surface area (Å²) in [5.74, 6) is 3.92. The van der Waals surface area contributed by atoms with Gasteiger partial charge in [-0.05, 0) is 33.2 Å². The van der Waals surface area contributed by atoms with Crippen LogP contribution in [0.3, 0.4) is 0 Å². The lowest BCUT2D eigenvalue weighted by molar-refractivity contribution is 0.121. The van der Waals surface area contributed by atoms with Gasteiger partial charge in [-0.15, -0.1) is 0 Å². The van der Waals surface area contributed by atoms with E-state index in [1.165, 1.54) is 12.8 Å². The molecule has 0 amide bonds. The van der Waals surface area contributed by atoms with E-state index < -0.39 is 0 Å². The number of rotatable bonds is 4. The second kappa shape index (κ2) is 6.20. The standard InChI is InChI=1S/C16H25N5O/c1-10(2)15-18-16(20-19-15)13-7-5-6-8-21(13)9-14-17-11(3)12(4)22-14/h10,13H,5-9H2,1-4H3,(H,18,19,20)/t13-/m0/s1. The van der Waals surface area contributed by atoms with Gasteiger partial charge in [0.15, 0.2) is 5.82 Å². The van der Waals surface area contributed by atoms with Crippen molar-refractivity contribution in [3.63, 3.8) is 0 Å². The lowest BCUT2D eigenvalue weighted by atomic mass is 10.0. The SMILES string of the molecule is Cc1nc(CN2CCCC[C@H]2c2nc(C(C)C)n[nH]2)oc1C. The molecule has 0 aliphatic carbocycles. The fourth-order valence-electron chi connectivity index (χ4n) is 2.97. The summed E-state index contributed by atoms with van der Waals surface area (Å²) in [4.78, 5) is 11.6. The molecule has 2 aromatic heterocycles. The Balaban J connectivity index is 1.78. The zero-order valence-electron chi connectivity index (χ0n) is 13.9. The molecule has 0 unspecified atom stereocenters. The lowest BCUT2D eigenvalue weighted by Crippen LogP contribution is -2.33. The summed E-state index contributed by atoms with van der Waals surface area (Å²) in [6, 6.07) is 0.279. The highest BCUT2D eigenvalue weighted by molar-refractivity contribution is 5.06. The van der Waals surface area contributed by atoms with E-state index in [9.17, 15) is 0 Å². The van der Waals surface area contributed by atoms with Gasteiger partial charge in [-0.1, -0.05) is 20.3 Å². The van der Waals surface area contributed by atoms with Crippen molar-refractivity contribution in [2.45, 2.75) is 65.5 Å². The van der Waals surface area contributed by atoms with Crippen LogP contribution < -0.4 is 0 Å². The molecular weight excluding hydrogens is 278 g/mol. The van der Waals surface area contributed by atoms with Crippen LogP contribution in [0.15, 0.2) is 4.42 Å². The van der Waals surface area contributed by atoms with Gasteiger partial charge in [0, 0.05) is 5.92 Å². The second-order valence-corrected chi connectivity index (χ2v) is 6.46. The van der Waals surface area contributed by atoms with Gasteiger partial charge in [0.2, 0.25) is 5.89 Å². The number of aromatic nitrogens is 4. The number of hydrogen-bond donors (Lipinski definition) is 1. The summed E-state index contributed by atoms with van der Waals surface area (Å²) < 4.78 is 5.75. The van der Waals surface area contributed by atoms with Crippen molar-refractivity contribution < 1.29 is 4.42 Å². The van der Waals surface area contributed by atoms with Crippen molar-refractivity contribution in [3.8, 4) is 0 Å². The maximum absolute atomic E-state index is 5.75. The Morgan fingerprint density at radius 3 is 2.73 bits per heavy atom. The largest absolute Gasteiger partial charge is 0.444 e. The summed E-state index contributed by atoms with van der Waals surface area (Å²) in [5.41, 5.74) is 0.977. The van der Waals surface area contributed by atoms with Crippen LogP contribution in [0.4, 0.5) is 0 Å². The fraction of sp³-hybridized carbons (Fsp3) is 0.688. The van der Waals surface area contributed by atoms with Crippen LogP contribution in [0.25, 0.3) is 0 Å². The van der Waals surface area contributed by atoms with Gasteiger partial charge in [0.25, 0.3) is 0 Å². The van der Waals surface area contributed by atoms with E-state index in [-0.39, 0.29) is 6.04 Å². The molecule has 22 heavy (non-hydrogen) atoms. The number of piperidine rings is 1. The van der Waals surface area contributed by atoms with E-state index in [0.29, 0.717) is 5.92 Å². The predicted octanol–water partition coefficient (Wildman–Crippen LogP) is 3.26. The number of H-pyrrole nitrogens is 1. The number of nitrogens with zero attached hydrogens (tertiary/aromatic N) is 4. The Morgan fingerprint density at radius 2 is 2.09 bits per heavy atom. The average molecular weight is 303 g/mol. The van der Waals surface area contributed by atoms with Crippen LogP contribution in [0.1, 0.15) is 74.1 Å². The molecule has 1 saturated heterocycles. The van der Waals surface area contributed by atoms with Crippen molar-refractivity contribution >= 4 is 0 Å². The summed E-state index contributed by atoms with van der Waals surface area (Å²) >= 11 is 0. The lowest BCUT2D eigenvalue weighted by Gasteiger charge is -2.33. The van der Waals surface area contributed by atoms with E-state index in [4.69, 9.17) is 4.42 Å². The number of nitrogens with one attached hydrogen (secondary N) is 1. The molecule has 120 valence electrons. The minimum absolute atomic E-state index is 0.279. The number of hydrogen-bond acceptors (Lipinski definition) is 5. The smallest absolute Gasteiger partial charge is 0.208 e. The highest BCUT2D eigenvalue weighted by atomic mass is 16.4. The molecule has 1 atom stereocenters. The summed E-state index contributed by atoms with van der Waals surface area (Å²) in [7, 11) is 0. The number of likely N-dealkylation sites (tertiary alicyclic amines) is 1. The molecule has 6 heteroatoms. The van der Waals surface area contributed by atoms with Gasteiger partial charge in [-0.3, -0.25) is 10.00 Å². The molecule has 0 spiro atoms. The molecule has 0 bridgehead atoms. The third kappa shape index (κ3) is 3.06. The van der Waals surface area contributed by atoms with Gasteiger partial charge in [0.05, 0.1) is 18.3 Å². The Hall–Kier alpha value is -1.69. The zero-order chi connectivity index (χ0) is 15.7. The van der Waals surface area contributed by atoms with Gasteiger partial charge < -0.3 is 4.42 Å². The first-order chi connectivity index (χ1) is 10.5. The van der Waals surface area contributed by atoms with Crippen molar-refractivity contribution in [1.29, 1.82) is 0 Å². The number of oxazole rings is 1. The third-order valence-corrected chi connectivity index (χ3v) is 4.38. The van der Waals surface area contributed by atoms with Crippen LogP contribution in [0.5, 0.6) is 0 Å². The molecule has 1 fully saturated rings. The quantitative estimate of drug-likeness (QED) is 0.938. The molecule has 0 saturated carbocycles. The second-order valence-electron chi connectivity index (χ2n) is 6.46. The van der Waals surface area contributed by atoms with E-state index in [0.717, 1.165) is 48.5 Å². The third-order valence-electron chi connectivity index (χ3n) is 4.38. The van der Waals surface area contributed by atoms with E-state index in [1.54, 1.807) is 0 Å². The van der Waals surface area contributed by atoms with E-state index in [2.05, 4.69) is 38.9 Å². The number of aryl methyl sites for hydroxylation is 2. The minimum atomic E-state index is 0.279. The van der Waals surface area contributed by atoms with E-state index >= 15 is 0 Å². The molecule has 3 rings (SSSR count). The van der Waals surface area contributed by atoms with Crippen LogP contribution >= 0.6 is 0 Å². The fourth-order valence-corrected chi connectivity index (χ4v) is 2.97. The topological polar surface area (TPSA) is 70.8 Å². The van der Waals surface area contributed by atoms with Crippen LogP contribution in [-0.4, -0.2) is 31.6 Å². The van der Waals surface area contributed by atoms with Crippen LogP contribution in [0, 0.1) is 13.8 Å². The maximum Gasteiger partial charge on any atom is 0.208 e. The molecule has 3 heterocycles. The highest BCUT2D eigenvalue weighted by Gasteiger charge is 2.28. The summed E-state index contributed by atoms with van der Waals surface area (Å²) in [6.07, 6.45) is 3.54. The Bertz CT molecular complexity index is 611. The first-order valence-electron chi connectivity index (χ1n) is 8.13. The van der Waals surface area contributed by atoms with Crippen LogP contribution in [-0.2, 0) is 6.54 Å². The van der Waals surface area contributed by atoms with Gasteiger partial charge >= 0.3 is 0 Å². The van der Waals surface area contributed by atoms with Crippen molar-refractivity contribution in [2.75, 3.05) is 6.54 Å². The average Bonchev–Trinajstić information content (AvgIpc) is 3.08. The van der Waals surface area contributed by atoms with Crippen LogP contribution in [0.2, 0.25) is 0 Å². The normalized spacial score (nSPS) is 20.0. The molecule has 1 aliphatic heterocycles. The molecule has 0 radical (unpaired) electrons. The highest BCUT2D eigenvalue weighted by Crippen LogP contribution is 2.30. The summed E-state index contributed by atoms with van der Waals surface area (Å²) in [5, 5.41) is 7.48. The predicted molar refractivity (Wildman–Crippen MR) is 83.5 cm³/mol. The first-order valence-corrected chi connectivity index (χ1v) is 8.13. The summed E-state index contributed by atoms with van der Waals surface area (Å²) in [6.45, 7) is 9.96. The number of aromatic amines is 1. The van der Waals surface area contributed by atoms with Crippen molar-refractivity contribution in [3.05, 3.63) is 29.0 Å².